The van der Waals surface area contributed by atoms with E-state index in [-0.39, 0.29) is 0 Å². The third kappa shape index (κ3) is 3.74. The molecule has 2 aromatic carbocycles. The van der Waals surface area contributed by atoms with Crippen LogP contribution in [0.1, 0.15) is 11.1 Å². The van der Waals surface area contributed by atoms with E-state index in [2.05, 4.69) is 11.4 Å². The van der Waals surface area contributed by atoms with Crippen molar-refractivity contribution in [3.05, 3.63) is 69.7 Å². The van der Waals surface area contributed by atoms with Gasteiger partial charge in [0.25, 0.3) is 0 Å². The van der Waals surface area contributed by atoms with Crippen LogP contribution in [0.2, 0.25) is 10.0 Å². The van der Waals surface area contributed by atoms with Crippen LogP contribution in [0, 0.1) is 0 Å². The highest BCUT2D eigenvalue weighted by molar-refractivity contribution is 6.31. The van der Waals surface area contributed by atoms with Gasteiger partial charge >= 0.3 is 0 Å². The molecule has 0 aromatic heterocycles. The lowest BCUT2D eigenvalue weighted by atomic mass is 10.2. The van der Waals surface area contributed by atoms with Crippen LogP contribution < -0.4 is 5.32 Å². The van der Waals surface area contributed by atoms with E-state index in [1.54, 1.807) is 0 Å². The van der Waals surface area contributed by atoms with E-state index in [0.717, 1.165) is 23.1 Å². The lowest BCUT2D eigenvalue weighted by molar-refractivity contribution is -0.686. The van der Waals surface area contributed by atoms with Gasteiger partial charge in [-0.1, -0.05) is 53.5 Å². The molecule has 0 aliphatic rings. The Hall–Kier alpha value is -1.02. The Morgan fingerprint density at radius 1 is 0.824 bits per heavy atom. The molecule has 0 amide bonds. The highest BCUT2D eigenvalue weighted by atomic mass is 35.5. The summed E-state index contributed by atoms with van der Waals surface area (Å²) in [6.45, 7) is 1.82. The molecule has 0 bridgehead atoms. The maximum atomic E-state index is 6.09. The van der Waals surface area contributed by atoms with Gasteiger partial charge in [0.1, 0.15) is 13.1 Å². The zero-order valence-electron chi connectivity index (χ0n) is 9.37. The van der Waals surface area contributed by atoms with Gasteiger partial charge in [-0.05, 0) is 18.2 Å². The number of benzene rings is 2. The molecule has 17 heavy (non-hydrogen) atoms. The molecule has 0 saturated carbocycles. The van der Waals surface area contributed by atoms with Crippen molar-refractivity contribution in [2.24, 2.45) is 0 Å². The fourth-order valence-electron chi connectivity index (χ4n) is 1.68. The van der Waals surface area contributed by atoms with E-state index in [4.69, 9.17) is 23.2 Å². The Morgan fingerprint density at radius 3 is 2.24 bits per heavy atom. The Labute approximate surface area is 111 Å². The predicted molar refractivity (Wildman–Crippen MR) is 72.2 cm³/mol. The van der Waals surface area contributed by atoms with Crippen LogP contribution in [-0.4, -0.2) is 0 Å². The van der Waals surface area contributed by atoms with Gasteiger partial charge in [0, 0.05) is 21.2 Å². The Morgan fingerprint density at radius 2 is 1.53 bits per heavy atom. The van der Waals surface area contributed by atoms with Crippen molar-refractivity contribution in [3.8, 4) is 0 Å². The summed E-state index contributed by atoms with van der Waals surface area (Å²) in [4.78, 5) is 0. The summed E-state index contributed by atoms with van der Waals surface area (Å²) in [6.07, 6.45) is 0. The van der Waals surface area contributed by atoms with Gasteiger partial charge in [0.2, 0.25) is 0 Å². The van der Waals surface area contributed by atoms with Gasteiger partial charge < -0.3 is 5.32 Å². The molecule has 0 heterocycles. The van der Waals surface area contributed by atoms with Crippen molar-refractivity contribution in [1.82, 2.24) is 0 Å². The van der Waals surface area contributed by atoms with Gasteiger partial charge in [-0.2, -0.15) is 0 Å². The zero-order chi connectivity index (χ0) is 12.1. The summed E-state index contributed by atoms with van der Waals surface area (Å²) < 4.78 is 0. The van der Waals surface area contributed by atoms with Crippen molar-refractivity contribution >= 4 is 23.2 Å². The number of rotatable bonds is 4. The van der Waals surface area contributed by atoms with Crippen LogP contribution in [-0.2, 0) is 13.1 Å². The molecule has 2 aromatic rings. The number of nitrogens with two attached hydrogens (primary N) is 1. The molecule has 1 nitrogen and oxygen atoms in total. The van der Waals surface area contributed by atoms with Crippen LogP contribution in [0.5, 0.6) is 0 Å². The molecule has 0 fully saturated rings. The average Bonchev–Trinajstić information content (AvgIpc) is 2.34. The molecule has 0 atom stereocenters. The maximum Gasteiger partial charge on any atom is 0.103 e. The fourth-order valence-corrected chi connectivity index (χ4v) is 2.02. The topological polar surface area (TPSA) is 16.6 Å². The predicted octanol–water partition coefficient (Wildman–Crippen LogP) is 3.26. The molecule has 0 unspecified atom stereocenters. The number of halogens is 2. The summed E-state index contributed by atoms with van der Waals surface area (Å²) in [5, 5.41) is 3.84. The highest BCUT2D eigenvalue weighted by Crippen LogP contribution is 2.13. The minimum Gasteiger partial charge on any atom is -0.339 e. The monoisotopic (exact) mass is 266 g/mol. The van der Waals surface area contributed by atoms with E-state index in [1.807, 2.05) is 42.5 Å². The zero-order valence-corrected chi connectivity index (χ0v) is 10.9. The number of quaternary nitrogens is 1. The van der Waals surface area contributed by atoms with Crippen LogP contribution in [0.15, 0.2) is 48.5 Å². The van der Waals surface area contributed by atoms with Crippen molar-refractivity contribution in [2.45, 2.75) is 13.1 Å². The van der Waals surface area contributed by atoms with Crippen LogP contribution in [0.25, 0.3) is 0 Å². The first-order valence-corrected chi connectivity index (χ1v) is 6.31. The number of hydrogen-bond acceptors (Lipinski definition) is 0. The molecule has 0 spiro atoms. The molecule has 2 N–H and O–H groups in total. The first-order valence-electron chi connectivity index (χ1n) is 5.55. The Kier molecular flexibility index (Phi) is 4.43. The normalized spacial score (nSPS) is 10.5. The highest BCUT2D eigenvalue weighted by Gasteiger charge is 2.01. The summed E-state index contributed by atoms with van der Waals surface area (Å²) in [5.41, 5.74) is 2.43. The minimum absolute atomic E-state index is 0.778. The minimum atomic E-state index is 0.778. The molecule has 3 heteroatoms. The fraction of sp³-hybridized carbons (Fsp3) is 0.143. The third-order valence-corrected chi connectivity index (χ3v) is 3.24. The molecule has 88 valence electrons. The van der Waals surface area contributed by atoms with Crippen LogP contribution >= 0.6 is 23.2 Å². The van der Waals surface area contributed by atoms with E-state index in [0.29, 0.717) is 0 Å². The second-order valence-electron chi connectivity index (χ2n) is 3.91. The first-order chi connectivity index (χ1) is 8.25. The lowest BCUT2D eigenvalue weighted by Crippen LogP contribution is -2.80. The summed E-state index contributed by atoms with van der Waals surface area (Å²) in [6, 6.07) is 15.9. The van der Waals surface area contributed by atoms with Crippen molar-refractivity contribution < 1.29 is 5.32 Å². The smallest absolute Gasteiger partial charge is 0.103 e. The molecule has 0 aliphatic heterocycles. The SMILES string of the molecule is Clc1ccc(C[NH2+]Cc2ccccc2Cl)cc1. The van der Waals surface area contributed by atoms with Crippen LogP contribution in [0.3, 0.4) is 0 Å². The maximum absolute atomic E-state index is 6.09. The molecule has 0 aliphatic carbocycles. The average molecular weight is 267 g/mol. The van der Waals surface area contributed by atoms with Crippen molar-refractivity contribution in [3.63, 3.8) is 0 Å². The van der Waals surface area contributed by atoms with Gasteiger partial charge in [0.05, 0.1) is 0 Å². The van der Waals surface area contributed by atoms with Gasteiger partial charge in [-0.3, -0.25) is 0 Å². The van der Waals surface area contributed by atoms with Crippen molar-refractivity contribution in [2.75, 3.05) is 0 Å². The van der Waals surface area contributed by atoms with Gasteiger partial charge in [-0.15, -0.1) is 0 Å². The van der Waals surface area contributed by atoms with Gasteiger partial charge in [-0.25, -0.2) is 0 Å². The van der Waals surface area contributed by atoms with Gasteiger partial charge in [0.15, 0.2) is 0 Å². The Bertz CT molecular complexity index is 480. The van der Waals surface area contributed by atoms with E-state index in [1.165, 1.54) is 11.1 Å². The van der Waals surface area contributed by atoms with E-state index >= 15 is 0 Å². The molecule has 0 radical (unpaired) electrons. The summed E-state index contributed by atoms with van der Waals surface area (Å²) in [5.74, 6) is 0. The van der Waals surface area contributed by atoms with Crippen LogP contribution in [0.4, 0.5) is 0 Å². The second-order valence-corrected chi connectivity index (χ2v) is 4.76. The quantitative estimate of drug-likeness (QED) is 0.875. The second kappa shape index (κ2) is 6.06. The van der Waals surface area contributed by atoms with E-state index < -0.39 is 0 Å². The largest absolute Gasteiger partial charge is 0.339 e. The molecular formula is C14H14Cl2N+. The summed E-state index contributed by atoms with van der Waals surface area (Å²) in [7, 11) is 0. The molecular weight excluding hydrogens is 253 g/mol. The molecule has 0 saturated heterocycles. The standard InChI is InChI=1S/C14H13Cl2N/c15-13-7-5-11(6-8-13)9-17-10-12-3-1-2-4-14(12)16/h1-8,17H,9-10H2/p+1. The third-order valence-electron chi connectivity index (χ3n) is 2.62. The lowest BCUT2D eigenvalue weighted by Gasteiger charge is -2.04. The summed E-state index contributed by atoms with van der Waals surface area (Å²) >= 11 is 11.9. The van der Waals surface area contributed by atoms with E-state index in [9.17, 15) is 0 Å². The Balaban J connectivity index is 1.88. The molecule has 2 rings (SSSR count). The first kappa shape index (κ1) is 12.4. The van der Waals surface area contributed by atoms with Crippen molar-refractivity contribution in [1.29, 1.82) is 0 Å². The number of hydrogen-bond donors (Lipinski definition) is 1.